The largest absolute Gasteiger partial charge is 0.461 e. The Morgan fingerprint density at radius 3 is 2.91 bits per heavy atom. The van der Waals surface area contributed by atoms with Gasteiger partial charge in [0.25, 0.3) is 5.71 Å². The van der Waals surface area contributed by atoms with E-state index >= 15 is 0 Å². The third-order valence-corrected chi connectivity index (χ3v) is 3.39. The maximum atomic E-state index is 12.0. The average Bonchev–Trinajstić information content (AvgIpc) is 2.96. The van der Waals surface area contributed by atoms with E-state index in [1.807, 2.05) is 32.0 Å². The minimum Gasteiger partial charge on any atom is -0.461 e. The molecule has 2 aromatic heterocycles. The average molecular weight is 312 g/mol. The fourth-order valence-corrected chi connectivity index (χ4v) is 2.22. The molecule has 0 aliphatic rings. The van der Waals surface area contributed by atoms with Crippen LogP contribution in [0.25, 0.3) is 11.1 Å². The second-order valence-corrected chi connectivity index (χ2v) is 5.10. The maximum Gasteiger partial charge on any atom is 0.361 e. The quantitative estimate of drug-likeness (QED) is 0.740. The van der Waals surface area contributed by atoms with Crippen molar-refractivity contribution in [1.82, 2.24) is 15.1 Å². The van der Waals surface area contributed by atoms with Gasteiger partial charge in [-0.25, -0.2) is 9.78 Å². The van der Waals surface area contributed by atoms with Gasteiger partial charge in [0.05, 0.1) is 6.61 Å². The Morgan fingerprint density at radius 2 is 2.13 bits per heavy atom. The van der Waals surface area contributed by atoms with Crippen LogP contribution in [0.2, 0.25) is 0 Å². The predicted octanol–water partition coefficient (Wildman–Crippen LogP) is 3.15. The Kier molecular flexibility index (Phi) is 3.92. The summed E-state index contributed by atoms with van der Waals surface area (Å²) in [6.45, 7) is 5.97. The van der Waals surface area contributed by atoms with Crippen LogP contribution in [0.3, 0.4) is 0 Å². The molecule has 0 aliphatic carbocycles. The van der Waals surface area contributed by atoms with Gasteiger partial charge in [0.2, 0.25) is 5.69 Å². The summed E-state index contributed by atoms with van der Waals surface area (Å²) >= 11 is 0. The molecule has 1 N–H and O–H groups in total. The lowest BCUT2D eigenvalue weighted by molar-refractivity contribution is 0.0517. The molecular weight excluding hydrogens is 296 g/mol. The summed E-state index contributed by atoms with van der Waals surface area (Å²) in [6.07, 6.45) is 1.36. The molecule has 0 spiro atoms. The van der Waals surface area contributed by atoms with E-state index in [0.717, 1.165) is 16.8 Å². The normalized spacial score (nSPS) is 10.7. The van der Waals surface area contributed by atoms with Crippen molar-refractivity contribution in [2.24, 2.45) is 0 Å². The van der Waals surface area contributed by atoms with Crippen molar-refractivity contribution in [2.75, 3.05) is 11.9 Å². The number of aromatic nitrogens is 3. The number of aryl methyl sites for hydroxylation is 2. The number of nitrogens with zero attached hydrogens (tertiary/aromatic N) is 3. The lowest BCUT2D eigenvalue weighted by atomic mass is 10.1. The van der Waals surface area contributed by atoms with Gasteiger partial charge in [-0.3, -0.25) is 0 Å². The first-order valence-electron chi connectivity index (χ1n) is 7.22. The molecule has 118 valence electrons. The standard InChI is InChI=1S/C16H16N4O3/c1-4-22-16(21)13-12-14(17-8-18-15(12)23-20-13)19-11-7-9(2)5-6-10(11)3/h5-8H,4H2,1-3H3,(H,17,18,19). The molecule has 0 radical (unpaired) electrons. The number of rotatable bonds is 4. The Hall–Kier alpha value is -2.96. The zero-order valence-electron chi connectivity index (χ0n) is 13.1. The molecule has 0 unspecified atom stereocenters. The van der Waals surface area contributed by atoms with Crippen molar-refractivity contribution in [3.8, 4) is 0 Å². The SMILES string of the molecule is CCOC(=O)c1noc2ncnc(Nc3cc(C)ccc3C)c12. The van der Waals surface area contributed by atoms with Crippen LogP contribution in [0.4, 0.5) is 11.5 Å². The second kappa shape index (κ2) is 6.04. The number of benzene rings is 1. The van der Waals surface area contributed by atoms with E-state index in [9.17, 15) is 4.79 Å². The zero-order chi connectivity index (χ0) is 16.4. The number of fused-ring (bicyclic) bond motifs is 1. The fraction of sp³-hybridized carbons (Fsp3) is 0.250. The maximum absolute atomic E-state index is 12.0. The van der Waals surface area contributed by atoms with Crippen LogP contribution in [0.1, 0.15) is 28.5 Å². The topological polar surface area (TPSA) is 90.1 Å². The lowest BCUT2D eigenvalue weighted by Crippen LogP contribution is -2.07. The van der Waals surface area contributed by atoms with Gasteiger partial charge in [-0.1, -0.05) is 17.3 Å². The number of carbonyl (C=O) groups excluding carboxylic acids is 1. The number of nitrogens with one attached hydrogen (secondary N) is 1. The Morgan fingerprint density at radius 1 is 1.30 bits per heavy atom. The van der Waals surface area contributed by atoms with Crippen molar-refractivity contribution in [2.45, 2.75) is 20.8 Å². The van der Waals surface area contributed by atoms with Crippen LogP contribution in [0.15, 0.2) is 29.0 Å². The smallest absolute Gasteiger partial charge is 0.361 e. The van der Waals surface area contributed by atoms with Crippen LogP contribution in [0.5, 0.6) is 0 Å². The minimum atomic E-state index is -0.565. The van der Waals surface area contributed by atoms with E-state index in [4.69, 9.17) is 9.26 Å². The molecule has 0 aliphatic heterocycles. The van der Waals surface area contributed by atoms with Crippen molar-refractivity contribution < 1.29 is 14.1 Å². The summed E-state index contributed by atoms with van der Waals surface area (Å²) in [7, 11) is 0. The van der Waals surface area contributed by atoms with E-state index in [0.29, 0.717) is 11.2 Å². The highest BCUT2D eigenvalue weighted by molar-refractivity contribution is 6.05. The fourth-order valence-electron chi connectivity index (χ4n) is 2.22. The van der Waals surface area contributed by atoms with Crippen LogP contribution >= 0.6 is 0 Å². The van der Waals surface area contributed by atoms with Gasteiger partial charge in [0.1, 0.15) is 17.5 Å². The van der Waals surface area contributed by atoms with E-state index in [1.165, 1.54) is 6.33 Å². The van der Waals surface area contributed by atoms with Gasteiger partial charge < -0.3 is 14.6 Å². The number of esters is 1. The first-order chi connectivity index (χ1) is 11.1. The van der Waals surface area contributed by atoms with Crippen LogP contribution in [0, 0.1) is 13.8 Å². The Bertz CT molecular complexity index is 873. The van der Waals surface area contributed by atoms with Crippen molar-refractivity contribution in [1.29, 1.82) is 0 Å². The third-order valence-electron chi connectivity index (χ3n) is 3.39. The van der Waals surface area contributed by atoms with Crippen LogP contribution in [-0.2, 0) is 4.74 Å². The summed E-state index contributed by atoms with van der Waals surface area (Å²) in [5.74, 6) is -0.113. The van der Waals surface area contributed by atoms with Crippen molar-refractivity contribution in [3.63, 3.8) is 0 Å². The molecule has 3 aromatic rings. The van der Waals surface area contributed by atoms with Gasteiger partial charge >= 0.3 is 5.97 Å². The van der Waals surface area contributed by atoms with Gasteiger partial charge in [-0.2, -0.15) is 4.98 Å². The highest BCUT2D eigenvalue weighted by Gasteiger charge is 2.22. The molecule has 0 atom stereocenters. The number of hydrogen-bond donors (Lipinski definition) is 1. The Balaban J connectivity index is 2.08. The molecule has 0 amide bonds. The van der Waals surface area contributed by atoms with E-state index in [-0.39, 0.29) is 18.0 Å². The zero-order valence-corrected chi connectivity index (χ0v) is 13.1. The van der Waals surface area contributed by atoms with Crippen LogP contribution in [-0.4, -0.2) is 27.7 Å². The number of ether oxygens (including phenoxy) is 1. The van der Waals surface area contributed by atoms with Gasteiger partial charge in [-0.15, -0.1) is 0 Å². The molecule has 0 saturated heterocycles. The van der Waals surface area contributed by atoms with Crippen molar-refractivity contribution >= 4 is 28.6 Å². The number of carbonyl (C=O) groups is 1. The Labute approximate surface area is 132 Å². The monoisotopic (exact) mass is 312 g/mol. The van der Waals surface area contributed by atoms with Crippen LogP contribution < -0.4 is 5.32 Å². The van der Waals surface area contributed by atoms with E-state index in [2.05, 4.69) is 20.4 Å². The first kappa shape index (κ1) is 15.0. The summed E-state index contributed by atoms with van der Waals surface area (Å²) in [6, 6.07) is 6.04. The molecule has 23 heavy (non-hydrogen) atoms. The second-order valence-electron chi connectivity index (χ2n) is 5.10. The molecule has 1 aromatic carbocycles. The highest BCUT2D eigenvalue weighted by Crippen LogP contribution is 2.28. The first-order valence-corrected chi connectivity index (χ1v) is 7.22. The molecule has 0 bridgehead atoms. The highest BCUT2D eigenvalue weighted by atomic mass is 16.5. The van der Waals surface area contributed by atoms with Gasteiger partial charge in [0.15, 0.2) is 0 Å². The molecular formula is C16H16N4O3. The number of anilines is 2. The van der Waals surface area contributed by atoms with Gasteiger partial charge in [0, 0.05) is 5.69 Å². The third kappa shape index (κ3) is 2.85. The lowest BCUT2D eigenvalue weighted by Gasteiger charge is -2.10. The summed E-state index contributed by atoms with van der Waals surface area (Å²) < 4.78 is 10.1. The van der Waals surface area contributed by atoms with E-state index < -0.39 is 5.97 Å². The van der Waals surface area contributed by atoms with Crippen molar-refractivity contribution in [3.05, 3.63) is 41.3 Å². The predicted molar refractivity (Wildman–Crippen MR) is 84.8 cm³/mol. The molecule has 0 fully saturated rings. The summed E-state index contributed by atoms with van der Waals surface area (Å²) in [5, 5.41) is 7.39. The molecule has 0 saturated carbocycles. The minimum absolute atomic E-state index is 0.0651. The summed E-state index contributed by atoms with van der Waals surface area (Å²) in [4.78, 5) is 20.2. The molecule has 7 nitrogen and oxygen atoms in total. The molecule has 2 heterocycles. The van der Waals surface area contributed by atoms with E-state index in [1.54, 1.807) is 6.92 Å². The number of hydrogen-bond acceptors (Lipinski definition) is 7. The molecule has 7 heteroatoms. The summed E-state index contributed by atoms with van der Waals surface area (Å²) in [5.41, 5.74) is 3.35. The molecule has 3 rings (SSSR count). The van der Waals surface area contributed by atoms with Gasteiger partial charge in [-0.05, 0) is 38.0 Å².